The lowest BCUT2D eigenvalue weighted by atomic mass is 10.4. The van der Waals surface area contributed by atoms with Crippen LogP contribution in [0.15, 0.2) is 18.6 Å². The van der Waals surface area contributed by atoms with Crippen LogP contribution >= 0.6 is 0 Å². The first kappa shape index (κ1) is 10.9. The zero-order valence-corrected chi connectivity index (χ0v) is 8.90. The highest BCUT2D eigenvalue weighted by Crippen LogP contribution is 1.96. The molecule has 0 radical (unpaired) electrons. The predicted octanol–water partition coefficient (Wildman–Crippen LogP) is 1.23. The number of aromatic nitrogens is 2. The van der Waals surface area contributed by atoms with Gasteiger partial charge in [-0.05, 0) is 13.1 Å². The van der Waals surface area contributed by atoms with Crippen molar-refractivity contribution in [1.29, 1.82) is 0 Å². The van der Waals surface area contributed by atoms with Crippen molar-refractivity contribution < 1.29 is 0 Å². The number of hydrogen-bond acceptors (Lipinski definition) is 4. The fourth-order valence-electron chi connectivity index (χ4n) is 1.27. The van der Waals surface area contributed by atoms with Gasteiger partial charge in [0.25, 0.3) is 0 Å². The van der Waals surface area contributed by atoms with Gasteiger partial charge in [-0.25, -0.2) is 4.98 Å². The molecule has 1 aromatic heterocycles. The Bertz CT molecular complexity index is 233. The summed E-state index contributed by atoms with van der Waals surface area (Å²) in [6.45, 7) is 8.50. The Labute approximate surface area is 85.4 Å². The molecule has 1 heterocycles. The Morgan fingerprint density at radius 2 is 2.07 bits per heavy atom. The second-order valence-electron chi connectivity index (χ2n) is 3.04. The molecule has 4 heteroatoms. The van der Waals surface area contributed by atoms with Crippen LogP contribution in [0.3, 0.4) is 0 Å². The van der Waals surface area contributed by atoms with Crippen molar-refractivity contribution in [1.82, 2.24) is 14.9 Å². The number of nitrogens with zero attached hydrogens (tertiary/aromatic N) is 3. The van der Waals surface area contributed by atoms with Gasteiger partial charge in [-0.1, -0.05) is 13.8 Å². The van der Waals surface area contributed by atoms with Crippen LogP contribution in [0.2, 0.25) is 0 Å². The number of likely N-dealkylation sites (N-methyl/N-ethyl adjacent to an activating group) is 1. The van der Waals surface area contributed by atoms with E-state index in [9.17, 15) is 0 Å². The summed E-state index contributed by atoms with van der Waals surface area (Å²) in [5.41, 5.74) is 0. The van der Waals surface area contributed by atoms with E-state index in [1.54, 1.807) is 18.6 Å². The summed E-state index contributed by atoms with van der Waals surface area (Å²) in [7, 11) is 0. The van der Waals surface area contributed by atoms with E-state index in [2.05, 4.69) is 34.0 Å². The second kappa shape index (κ2) is 6.32. The van der Waals surface area contributed by atoms with Crippen LogP contribution in [-0.4, -0.2) is 41.0 Å². The van der Waals surface area contributed by atoms with Gasteiger partial charge >= 0.3 is 0 Å². The Morgan fingerprint density at radius 3 is 2.64 bits per heavy atom. The number of hydrogen-bond donors (Lipinski definition) is 1. The smallest absolute Gasteiger partial charge is 0.144 e. The van der Waals surface area contributed by atoms with Gasteiger partial charge in [0.2, 0.25) is 0 Å². The van der Waals surface area contributed by atoms with Crippen molar-refractivity contribution in [2.75, 3.05) is 31.5 Å². The SMILES string of the molecule is CCN(CC)CCNc1cnccn1. The standard InChI is InChI=1S/C10H18N4/c1-3-14(4-2)8-7-13-10-9-11-5-6-12-10/h5-6,9H,3-4,7-8H2,1-2H3,(H,12,13). The molecule has 0 fully saturated rings. The molecule has 0 atom stereocenters. The van der Waals surface area contributed by atoms with Crippen molar-refractivity contribution in [3.05, 3.63) is 18.6 Å². The summed E-state index contributed by atoms with van der Waals surface area (Å²) in [5, 5.41) is 3.23. The summed E-state index contributed by atoms with van der Waals surface area (Å²) in [6, 6.07) is 0. The maximum Gasteiger partial charge on any atom is 0.144 e. The maximum absolute atomic E-state index is 4.14. The fraction of sp³-hybridized carbons (Fsp3) is 0.600. The normalized spacial score (nSPS) is 10.5. The van der Waals surface area contributed by atoms with Gasteiger partial charge in [0.15, 0.2) is 0 Å². The first-order valence-corrected chi connectivity index (χ1v) is 5.09. The predicted molar refractivity (Wildman–Crippen MR) is 58.3 cm³/mol. The van der Waals surface area contributed by atoms with E-state index in [1.165, 1.54) is 0 Å². The van der Waals surface area contributed by atoms with Crippen LogP contribution in [0, 0.1) is 0 Å². The van der Waals surface area contributed by atoms with E-state index >= 15 is 0 Å². The lowest BCUT2D eigenvalue weighted by Gasteiger charge is -2.17. The lowest BCUT2D eigenvalue weighted by Crippen LogP contribution is -2.28. The van der Waals surface area contributed by atoms with Crippen LogP contribution in [0.1, 0.15) is 13.8 Å². The molecule has 0 aliphatic heterocycles. The van der Waals surface area contributed by atoms with Gasteiger partial charge in [0.05, 0.1) is 6.20 Å². The van der Waals surface area contributed by atoms with E-state index in [4.69, 9.17) is 0 Å². The topological polar surface area (TPSA) is 41.0 Å². The van der Waals surface area contributed by atoms with Crippen LogP contribution < -0.4 is 5.32 Å². The molecule has 0 amide bonds. The zero-order chi connectivity index (χ0) is 10.2. The first-order valence-electron chi connectivity index (χ1n) is 5.09. The average Bonchev–Trinajstić information content (AvgIpc) is 2.26. The van der Waals surface area contributed by atoms with Crippen molar-refractivity contribution in [3.8, 4) is 0 Å². The highest BCUT2D eigenvalue weighted by Gasteiger charge is 1.97. The van der Waals surface area contributed by atoms with Crippen molar-refractivity contribution in [3.63, 3.8) is 0 Å². The molecule has 0 spiro atoms. The van der Waals surface area contributed by atoms with Gasteiger partial charge in [-0.3, -0.25) is 4.98 Å². The molecule has 0 saturated heterocycles. The second-order valence-corrected chi connectivity index (χ2v) is 3.04. The molecular weight excluding hydrogens is 176 g/mol. The van der Waals surface area contributed by atoms with Crippen LogP contribution in [0.5, 0.6) is 0 Å². The molecule has 0 aromatic carbocycles. The highest BCUT2D eigenvalue weighted by molar-refractivity contribution is 5.29. The van der Waals surface area contributed by atoms with Gasteiger partial charge < -0.3 is 10.2 Å². The average molecular weight is 194 g/mol. The molecule has 78 valence electrons. The summed E-state index contributed by atoms with van der Waals surface area (Å²) < 4.78 is 0. The summed E-state index contributed by atoms with van der Waals surface area (Å²) in [5.74, 6) is 0.847. The lowest BCUT2D eigenvalue weighted by molar-refractivity contribution is 0.316. The van der Waals surface area contributed by atoms with E-state index in [-0.39, 0.29) is 0 Å². The van der Waals surface area contributed by atoms with Crippen LogP contribution in [0.25, 0.3) is 0 Å². The molecule has 0 saturated carbocycles. The molecule has 4 nitrogen and oxygen atoms in total. The molecule has 1 N–H and O–H groups in total. The first-order chi connectivity index (χ1) is 6.86. The monoisotopic (exact) mass is 194 g/mol. The summed E-state index contributed by atoms with van der Waals surface area (Å²) in [6.07, 6.45) is 5.11. The third-order valence-electron chi connectivity index (χ3n) is 2.19. The van der Waals surface area contributed by atoms with Crippen LogP contribution in [-0.2, 0) is 0 Å². The third kappa shape index (κ3) is 3.70. The molecule has 0 unspecified atom stereocenters. The van der Waals surface area contributed by atoms with E-state index in [1.807, 2.05) is 0 Å². The number of rotatable bonds is 6. The molecule has 0 bridgehead atoms. The number of anilines is 1. The van der Waals surface area contributed by atoms with Gasteiger partial charge in [-0.2, -0.15) is 0 Å². The highest BCUT2D eigenvalue weighted by atomic mass is 15.1. The molecule has 14 heavy (non-hydrogen) atoms. The number of nitrogens with one attached hydrogen (secondary N) is 1. The Morgan fingerprint density at radius 1 is 1.29 bits per heavy atom. The van der Waals surface area contributed by atoms with Gasteiger partial charge in [0.1, 0.15) is 5.82 Å². The molecule has 1 rings (SSSR count). The zero-order valence-electron chi connectivity index (χ0n) is 8.90. The van der Waals surface area contributed by atoms with Gasteiger partial charge in [-0.15, -0.1) is 0 Å². The quantitative estimate of drug-likeness (QED) is 0.739. The van der Waals surface area contributed by atoms with Gasteiger partial charge in [0, 0.05) is 25.5 Å². The minimum absolute atomic E-state index is 0.847. The summed E-state index contributed by atoms with van der Waals surface area (Å²) in [4.78, 5) is 10.5. The van der Waals surface area contributed by atoms with Crippen molar-refractivity contribution >= 4 is 5.82 Å². The maximum atomic E-state index is 4.14. The van der Waals surface area contributed by atoms with Crippen molar-refractivity contribution in [2.45, 2.75) is 13.8 Å². The Hall–Kier alpha value is -1.16. The largest absolute Gasteiger partial charge is 0.368 e. The fourth-order valence-corrected chi connectivity index (χ4v) is 1.27. The van der Waals surface area contributed by atoms with Crippen molar-refractivity contribution in [2.24, 2.45) is 0 Å². The third-order valence-corrected chi connectivity index (χ3v) is 2.19. The van der Waals surface area contributed by atoms with Crippen LogP contribution in [0.4, 0.5) is 5.82 Å². The minimum atomic E-state index is 0.847. The minimum Gasteiger partial charge on any atom is -0.368 e. The molecular formula is C10H18N4. The Kier molecular flexibility index (Phi) is 4.93. The van der Waals surface area contributed by atoms with E-state index < -0.39 is 0 Å². The van der Waals surface area contributed by atoms with E-state index in [0.29, 0.717) is 0 Å². The molecule has 0 aliphatic rings. The Balaban J connectivity index is 2.21. The summed E-state index contributed by atoms with van der Waals surface area (Å²) >= 11 is 0. The molecule has 0 aliphatic carbocycles. The molecule has 1 aromatic rings. The van der Waals surface area contributed by atoms with E-state index in [0.717, 1.165) is 32.0 Å².